The minimum atomic E-state index is -2.38. The molecule has 1 nitrogen and oxygen atoms in total. The molecular formula is C7H12ClF2N. The normalized spacial score (nSPS) is 45.5. The van der Waals surface area contributed by atoms with Gasteiger partial charge >= 0.3 is 0 Å². The second-order valence-electron chi connectivity index (χ2n) is 3.43. The number of alkyl halides is 2. The summed E-state index contributed by atoms with van der Waals surface area (Å²) in [7, 11) is 0. The molecule has 1 aliphatic heterocycles. The van der Waals surface area contributed by atoms with Crippen molar-refractivity contribution in [2.45, 2.75) is 19.3 Å². The maximum Gasteiger partial charge on any atom is 0.258 e. The van der Waals surface area contributed by atoms with E-state index in [0.29, 0.717) is 13.0 Å². The second kappa shape index (κ2) is 2.30. The zero-order valence-corrected chi connectivity index (χ0v) is 7.18. The Morgan fingerprint density at radius 1 is 1.45 bits per heavy atom. The van der Waals surface area contributed by atoms with Crippen LogP contribution in [0.3, 0.4) is 0 Å². The van der Waals surface area contributed by atoms with E-state index in [2.05, 4.69) is 5.32 Å². The van der Waals surface area contributed by atoms with Gasteiger partial charge in [-0.25, -0.2) is 8.78 Å². The highest BCUT2D eigenvalue weighted by Gasteiger charge is 2.78. The first-order valence-electron chi connectivity index (χ1n) is 3.70. The third-order valence-corrected chi connectivity index (χ3v) is 3.14. The van der Waals surface area contributed by atoms with Gasteiger partial charge in [0.15, 0.2) is 0 Å². The summed E-state index contributed by atoms with van der Waals surface area (Å²) in [6, 6.07) is 0. The van der Waals surface area contributed by atoms with Crippen LogP contribution in [0.15, 0.2) is 0 Å². The molecule has 1 saturated heterocycles. The van der Waals surface area contributed by atoms with Crippen LogP contribution in [0.25, 0.3) is 0 Å². The quantitative estimate of drug-likeness (QED) is 0.603. The molecule has 0 aromatic heterocycles. The largest absolute Gasteiger partial charge is 0.316 e. The second-order valence-corrected chi connectivity index (χ2v) is 3.43. The van der Waals surface area contributed by atoms with E-state index in [1.807, 2.05) is 0 Å². The highest BCUT2D eigenvalue weighted by Crippen LogP contribution is 2.68. The molecule has 11 heavy (non-hydrogen) atoms. The van der Waals surface area contributed by atoms with Gasteiger partial charge in [-0.3, -0.25) is 0 Å². The van der Waals surface area contributed by atoms with Gasteiger partial charge in [0.1, 0.15) is 0 Å². The lowest BCUT2D eigenvalue weighted by atomic mass is 10.0. The zero-order valence-electron chi connectivity index (χ0n) is 6.36. The number of hydrogen-bond acceptors (Lipinski definition) is 1. The lowest BCUT2D eigenvalue weighted by molar-refractivity contribution is 0.0636. The monoisotopic (exact) mass is 183 g/mol. The van der Waals surface area contributed by atoms with Crippen LogP contribution in [0, 0.1) is 11.3 Å². The standard InChI is InChI=1S/C7H11F2N.ClH/c1-5-6(7(5,8)9)2-3-10-4-6;/h5,10H,2-4H2,1H3;1H. The minimum Gasteiger partial charge on any atom is -0.316 e. The van der Waals surface area contributed by atoms with Gasteiger partial charge in [-0.15, -0.1) is 12.4 Å². The molecule has 2 aliphatic rings. The molecule has 1 heterocycles. The first-order chi connectivity index (χ1) is 4.61. The molecule has 2 rings (SSSR count). The molecule has 1 saturated carbocycles. The molecular weight excluding hydrogens is 172 g/mol. The number of rotatable bonds is 0. The van der Waals surface area contributed by atoms with Gasteiger partial charge in [-0.05, 0) is 13.0 Å². The fourth-order valence-corrected chi connectivity index (χ4v) is 2.07. The van der Waals surface area contributed by atoms with Crippen LogP contribution in [0.1, 0.15) is 13.3 Å². The van der Waals surface area contributed by atoms with Crippen molar-refractivity contribution in [1.82, 2.24) is 5.32 Å². The average Bonchev–Trinajstić information content (AvgIpc) is 2.43. The molecule has 4 heteroatoms. The Morgan fingerprint density at radius 2 is 2.00 bits per heavy atom. The van der Waals surface area contributed by atoms with Crippen molar-refractivity contribution in [3.63, 3.8) is 0 Å². The van der Waals surface area contributed by atoms with E-state index in [1.54, 1.807) is 6.92 Å². The van der Waals surface area contributed by atoms with E-state index in [-0.39, 0.29) is 12.4 Å². The molecule has 2 atom stereocenters. The first kappa shape index (κ1) is 9.20. The number of hydrogen-bond donors (Lipinski definition) is 1. The third-order valence-electron chi connectivity index (χ3n) is 3.14. The van der Waals surface area contributed by atoms with Crippen LogP contribution in [-0.4, -0.2) is 19.0 Å². The molecule has 0 radical (unpaired) electrons. The molecule has 2 fully saturated rings. The van der Waals surface area contributed by atoms with Crippen molar-refractivity contribution in [2.24, 2.45) is 11.3 Å². The smallest absolute Gasteiger partial charge is 0.258 e. The van der Waals surface area contributed by atoms with Gasteiger partial charge in [0.05, 0.1) is 5.41 Å². The molecule has 66 valence electrons. The SMILES string of the molecule is CC1C(F)(F)C12CCNC2.Cl. The summed E-state index contributed by atoms with van der Waals surface area (Å²) in [5.41, 5.74) is -0.646. The van der Waals surface area contributed by atoms with E-state index in [9.17, 15) is 8.78 Å². The van der Waals surface area contributed by atoms with Crippen molar-refractivity contribution >= 4 is 12.4 Å². The highest BCUT2D eigenvalue weighted by molar-refractivity contribution is 5.85. The Labute approximate surface area is 71.0 Å². The lowest BCUT2D eigenvalue weighted by Gasteiger charge is -2.02. The molecule has 0 amide bonds. The first-order valence-corrected chi connectivity index (χ1v) is 3.70. The van der Waals surface area contributed by atoms with Crippen LogP contribution in [0.5, 0.6) is 0 Å². The van der Waals surface area contributed by atoms with E-state index in [4.69, 9.17) is 0 Å². The molecule has 0 aromatic carbocycles. The molecule has 2 unspecified atom stereocenters. The molecule has 1 aliphatic carbocycles. The van der Waals surface area contributed by atoms with E-state index in [1.165, 1.54) is 0 Å². The van der Waals surface area contributed by atoms with Crippen molar-refractivity contribution in [3.8, 4) is 0 Å². The topological polar surface area (TPSA) is 12.0 Å². The maximum absolute atomic E-state index is 12.8. The van der Waals surface area contributed by atoms with Crippen LogP contribution in [-0.2, 0) is 0 Å². The van der Waals surface area contributed by atoms with Crippen molar-refractivity contribution < 1.29 is 8.78 Å². The van der Waals surface area contributed by atoms with Gasteiger partial charge in [0.2, 0.25) is 0 Å². The predicted octanol–water partition coefficient (Wildman–Crippen LogP) is 1.67. The fraction of sp³-hybridized carbons (Fsp3) is 1.00. The summed E-state index contributed by atoms with van der Waals surface area (Å²) < 4.78 is 25.7. The zero-order chi connectivity index (χ0) is 7.41. The summed E-state index contributed by atoms with van der Waals surface area (Å²) in [6.07, 6.45) is 0.654. The Morgan fingerprint density at radius 3 is 2.18 bits per heavy atom. The maximum atomic E-state index is 12.8. The van der Waals surface area contributed by atoms with Crippen molar-refractivity contribution in [1.29, 1.82) is 0 Å². The predicted molar refractivity (Wildman–Crippen MR) is 41.3 cm³/mol. The van der Waals surface area contributed by atoms with Gasteiger partial charge < -0.3 is 5.32 Å². The fourth-order valence-electron chi connectivity index (χ4n) is 2.07. The third kappa shape index (κ3) is 0.842. The summed E-state index contributed by atoms with van der Waals surface area (Å²) in [5.74, 6) is -2.77. The highest BCUT2D eigenvalue weighted by atomic mass is 35.5. The molecule has 0 aromatic rings. The van der Waals surface area contributed by atoms with Crippen LogP contribution in [0.4, 0.5) is 8.78 Å². The van der Waals surface area contributed by atoms with E-state index < -0.39 is 17.3 Å². The van der Waals surface area contributed by atoms with Gasteiger partial charge in [0.25, 0.3) is 5.92 Å². The minimum absolute atomic E-state index is 0. The Hall–Kier alpha value is 0.110. The summed E-state index contributed by atoms with van der Waals surface area (Å²) in [6.45, 7) is 2.92. The summed E-state index contributed by atoms with van der Waals surface area (Å²) >= 11 is 0. The van der Waals surface area contributed by atoms with Crippen LogP contribution in [0.2, 0.25) is 0 Å². The van der Waals surface area contributed by atoms with Crippen molar-refractivity contribution in [2.75, 3.05) is 13.1 Å². The summed E-state index contributed by atoms with van der Waals surface area (Å²) in [5, 5.41) is 2.98. The summed E-state index contributed by atoms with van der Waals surface area (Å²) in [4.78, 5) is 0. The van der Waals surface area contributed by atoms with E-state index in [0.717, 1.165) is 6.54 Å². The molecule has 1 N–H and O–H groups in total. The Kier molecular flexibility index (Phi) is 1.92. The van der Waals surface area contributed by atoms with Gasteiger partial charge in [-0.2, -0.15) is 0 Å². The van der Waals surface area contributed by atoms with Crippen molar-refractivity contribution in [3.05, 3.63) is 0 Å². The molecule has 0 bridgehead atoms. The molecule has 1 spiro atoms. The van der Waals surface area contributed by atoms with Crippen LogP contribution < -0.4 is 5.32 Å². The number of nitrogens with one attached hydrogen (secondary N) is 1. The number of halogens is 3. The van der Waals surface area contributed by atoms with E-state index >= 15 is 0 Å². The van der Waals surface area contributed by atoms with Gasteiger partial charge in [0, 0.05) is 12.5 Å². The average molecular weight is 184 g/mol. The Balaban J connectivity index is 0.000000605. The van der Waals surface area contributed by atoms with Crippen LogP contribution >= 0.6 is 12.4 Å². The van der Waals surface area contributed by atoms with Gasteiger partial charge in [-0.1, -0.05) is 6.92 Å². The Bertz CT molecular complexity index is 166. The lowest BCUT2D eigenvalue weighted by Crippen LogP contribution is -2.15.